The third kappa shape index (κ3) is 5.19. The summed E-state index contributed by atoms with van der Waals surface area (Å²) in [6.07, 6.45) is 3.80. The van der Waals surface area contributed by atoms with Crippen LogP contribution in [0.3, 0.4) is 0 Å². The minimum absolute atomic E-state index is 0.0108. The maximum atomic E-state index is 11.9. The van der Waals surface area contributed by atoms with E-state index >= 15 is 0 Å². The van der Waals surface area contributed by atoms with Crippen molar-refractivity contribution in [3.05, 3.63) is 22.4 Å². The topological polar surface area (TPSA) is 60.0 Å². The zero-order chi connectivity index (χ0) is 17.8. The molecule has 2 N–H and O–H groups in total. The molecule has 1 aliphatic heterocycles. The summed E-state index contributed by atoms with van der Waals surface area (Å²) in [6.45, 7) is 4.27. The lowest BCUT2D eigenvalue weighted by molar-refractivity contribution is -0.127. The summed E-state index contributed by atoms with van der Waals surface area (Å²) in [5.41, 5.74) is 0. The van der Waals surface area contributed by atoms with E-state index in [1.165, 1.54) is 17.7 Å². The van der Waals surface area contributed by atoms with Crippen molar-refractivity contribution in [1.82, 2.24) is 20.4 Å². The van der Waals surface area contributed by atoms with Gasteiger partial charge in [0.15, 0.2) is 5.96 Å². The summed E-state index contributed by atoms with van der Waals surface area (Å²) >= 11 is 1.72. The highest BCUT2D eigenvalue weighted by Crippen LogP contribution is 2.33. The van der Waals surface area contributed by atoms with Gasteiger partial charge < -0.3 is 15.5 Å². The number of likely N-dealkylation sites (N-methyl/N-ethyl adjacent to an activating group) is 1. The average Bonchev–Trinajstić information content (AvgIpc) is 3.15. The van der Waals surface area contributed by atoms with Crippen molar-refractivity contribution in [3.63, 3.8) is 0 Å². The van der Waals surface area contributed by atoms with Crippen LogP contribution in [0.4, 0.5) is 0 Å². The largest absolute Gasteiger partial charge is 0.352 e. The Morgan fingerprint density at radius 1 is 1.44 bits per heavy atom. The molecule has 2 aliphatic rings. The van der Waals surface area contributed by atoms with Gasteiger partial charge >= 0.3 is 0 Å². The van der Waals surface area contributed by atoms with Gasteiger partial charge in [0, 0.05) is 43.6 Å². The number of rotatable bonds is 6. The van der Waals surface area contributed by atoms with E-state index in [1.807, 2.05) is 6.07 Å². The van der Waals surface area contributed by atoms with Gasteiger partial charge in [-0.05, 0) is 37.6 Å². The first-order valence-corrected chi connectivity index (χ1v) is 9.94. The minimum atomic E-state index is 0.0108. The quantitative estimate of drug-likeness (QED) is 0.594. The van der Waals surface area contributed by atoms with E-state index < -0.39 is 0 Å². The molecule has 3 rings (SSSR count). The minimum Gasteiger partial charge on any atom is -0.352 e. The monoisotopic (exact) mass is 363 g/mol. The summed E-state index contributed by atoms with van der Waals surface area (Å²) in [7, 11) is 3.52. The average molecular weight is 364 g/mol. The third-order valence-corrected chi connectivity index (χ3v) is 5.74. The van der Waals surface area contributed by atoms with Gasteiger partial charge in [-0.3, -0.25) is 9.69 Å². The summed E-state index contributed by atoms with van der Waals surface area (Å²) in [5, 5.41) is 9.00. The highest BCUT2D eigenvalue weighted by atomic mass is 32.1. The van der Waals surface area contributed by atoms with Gasteiger partial charge in [-0.15, -0.1) is 11.3 Å². The smallest absolute Gasteiger partial charge is 0.243 e. The van der Waals surface area contributed by atoms with Crippen molar-refractivity contribution in [1.29, 1.82) is 0 Å². The number of amides is 1. The Balaban J connectivity index is 1.58. The van der Waals surface area contributed by atoms with Crippen LogP contribution >= 0.6 is 11.3 Å². The molecule has 1 saturated carbocycles. The van der Waals surface area contributed by atoms with Gasteiger partial charge in [0.25, 0.3) is 0 Å². The molecule has 0 spiro atoms. The molecule has 1 amide bonds. The van der Waals surface area contributed by atoms with Crippen LogP contribution in [0, 0.1) is 0 Å². The lowest BCUT2D eigenvalue weighted by atomic mass is 10.2. The van der Waals surface area contributed by atoms with E-state index in [1.54, 1.807) is 30.3 Å². The van der Waals surface area contributed by atoms with Gasteiger partial charge in [-0.2, -0.15) is 0 Å². The van der Waals surface area contributed by atoms with E-state index in [-0.39, 0.29) is 12.5 Å². The Labute approximate surface area is 154 Å². The Kier molecular flexibility index (Phi) is 5.96. The number of guanidine groups is 1. The molecule has 7 heteroatoms. The molecule has 6 nitrogen and oxygen atoms in total. The molecule has 1 saturated heterocycles. The standard InChI is InChI=1S/C18H29N5OS/c1-13-9-14(12-23(13)15-6-7-15)21-18(20-11-17(24)22(2)3)19-10-16-5-4-8-25-16/h4-5,8,13-15H,6-7,9-12H2,1-3H3,(H2,19,20,21). The summed E-state index contributed by atoms with van der Waals surface area (Å²) < 4.78 is 0. The van der Waals surface area contributed by atoms with Crippen molar-refractivity contribution in [2.45, 2.75) is 50.9 Å². The molecule has 1 aromatic heterocycles. The number of likely N-dealkylation sites (tertiary alicyclic amines) is 1. The molecule has 0 radical (unpaired) electrons. The van der Waals surface area contributed by atoms with Gasteiger partial charge in [0.1, 0.15) is 6.54 Å². The third-order valence-electron chi connectivity index (χ3n) is 4.86. The lowest BCUT2D eigenvalue weighted by Crippen LogP contribution is -2.45. The molecule has 2 atom stereocenters. The Morgan fingerprint density at radius 2 is 2.24 bits per heavy atom. The van der Waals surface area contributed by atoms with Crippen molar-refractivity contribution < 1.29 is 4.79 Å². The predicted molar refractivity (Wildman–Crippen MR) is 103 cm³/mol. The molecule has 25 heavy (non-hydrogen) atoms. The van der Waals surface area contributed by atoms with Crippen LogP contribution in [-0.2, 0) is 11.3 Å². The molecular weight excluding hydrogens is 334 g/mol. The molecule has 0 bridgehead atoms. The molecule has 1 aromatic rings. The van der Waals surface area contributed by atoms with Crippen LogP contribution in [0.2, 0.25) is 0 Å². The molecule has 2 fully saturated rings. The number of nitrogens with zero attached hydrogens (tertiary/aromatic N) is 3. The fourth-order valence-corrected chi connectivity index (χ4v) is 3.94. The van der Waals surface area contributed by atoms with Crippen LogP contribution in [-0.4, -0.2) is 67.0 Å². The lowest BCUT2D eigenvalue weighted by Gasteiger charge is -2.20. The number of carbonyl (C=O) groups excluding carboxylic acids is 1. The summed E-state index contributed by atoms with van der Waals surface area (Å²) in [4.78, 5) is 21.8. The van der Waals surface area contributed by atoms with Crippen LogP contribution < -0.4 is 10.6 Å². The van der Waals surface area contributed by atoms with Crippen LogP contribution in [0.1, 0.15) is 31.1 Å². The molecule has 0 aromatic carbocycles. The zero-order valence-electron chi connectivity index (χ0n) is 15.4. The fraction of sp³-hybridized carbons (Fsp3) is 0.667. The number of aliphatic imine (C=N–C) groups is 1. The van der Waals surface area contributed by atoms with Crippen molar-refractivity contribution >= 4 is 23.2 Å². The number of carbonyl (C=O) groups is 1. The number of nitrogens with one attached hydrogen (secondary N) is 2. The number of thiophene rings is 1. The van der Waals surface area contributed by atoms with Crippen LogP contribution in [0.5, 0.6) is 0 Å². The second kappa shape index (κ2) is 8.19. The highest BCUT2D eigenvalue weighted by molar-refractivity contribution is 7.09. The normalized spacial score (nSPS) is 24.4. The molecule has 2 unspecified atom stereocenters. The molecule has 2 heterocycles. The first-order valence-electron chi connectivity index (χ1n) is 9.06. The van der Waals surface area contributed by atoms with Gasteiger partial charge in [0.05, 0.1) is 6.54 Å². The maximum absolute atomic E-state index is 11.9. The second-order valence-corrected chi connectivity index (χ2v) is 8.27. The molecular formula is C18H29N5OS. The Bertz CT molecular complexity index is 597. The van der Waals surface area contributed by atoms with Gasteiger partial charge in [-0.1, -0.05) is 6.07 Å². The zero-order valence-corrected chi connectivity index (χ0v) is 16.2. The first-order chi connectivity index (χ1) is 12.0. The molecule has 138 valence electrons. The fourth-order valence-electron chi connectivity index (χ4n) is 3.29. The predicted octanol–water partition coefficient (Wildman–Crippen LogP) is 1.50. The van der Waals surface area contributed by atoms with Crippen LogP contribution in [0.15, 0.2) is 22.5 Å². The second-order valence-electron chi connectivity index (χ2n) is 7.24. The Morgan fingerprint density at radius 3 is 2.88 bits per heavy atom. The molecule has 1 aliphatic carbocycles. The first kappa shape index (κ1) is 18.2. The van der Waals surface area contributed by atoms with E-state index in [0.717, 1.165) is 31.5 Å². The van der Waals surface area contributed by atoms with Crippen molar-refractivity contribution in [2.24, 2.45) is 4.99 Å². The number of hydrogen-bond donors (Lipinski definition) is 2. The Hall–Kier alpha value is -1.60. The van der Waals surface area contributed by atoms with E-state index in [4.69, 9.17) is 0 Å². The highest BCUT2D eigenvalue weighted by Gasteiger charge is 2.38. The van der Waals surface area contributed by atoms with E-state index in [0.29, 0.717) is 12.1 Å². The maximum Gasteiger partial charge on any atom is 0.243 e. The van der Waals surface area contributed by atoms with Gasteiger partial charge in [-0.25, -0.2) is 4.99 Å². The van der Waals surface area contributed by atoms with Crippen LogP contribution in [0.25, 0.3) is 0 Å². The number of hydrogen-bond acceptors (Lipinski definition) is 4. The van der Waals surface area contributed by atoms with Crippen molar-refractivity contribution in [2.75, 3.05) is 27.2 Å². The van der Waals surface area contributed by atoms with Gasteiger partial charge in [0.2, 0.25) is 5.91 Å². The summed E-state index contributed by atoms with van der Waals surface area (Å²) in [5.74, 6) is 0.745. The SMILES string of the molecule is CC1CC(NC(=NCC(=O)N(C)C)NCc2cccs2)CN1C1CC1. The summed E-state index contributed by atoms with van der Waals surface area (Å²) in [6, 6.07) is 5.95. The van der Waals surface area contributed by atoms with E-state index in [9.17, 15) is 4.79 Å². The van der Waals surface area contributed by atoms with Crippen molar-refractivity contribution in [3.8, 4) is 0 Å². The van der Waals surface area contributed by atoms with E-state index in [2.05, 4.69) is 38.9 Å².